The van der Waals surface area contributed by atoms with Crippen molar-refractivity contribution >= 4 is 6.09 Å². The molecule has 2 heterocycles. The molecular weight excluding hydrogens is 132 g/mol. The molecule has 10 heavy (non-hydrogen) atoms. The smallest absolute Gasteiger partial charge is 0.410 e. The number of carbonyl (C=O) groups is 1. The third-order valence-corrected chi connectivity index (χ3v) is 2.17. The Kier molecular flexibility index (Phi) is 1.11. The van der Waals surface area contributed by atoms with E-state index in [1.165, 1.54) is 0 Å². The largest absolute Gasteiger partial charge is 0.442 e. The molecular formula is C6H10N2O2. The van der Waals surface area contributed by atoms with Crippen LogP contribution in [-0.2, 0) is 4.74 Å². The Morgan fingerprint density at radius 1 is 1.70 bits per heavy atom. The number of likely N-dealkylation sites (N-methyl/N-ethyl adjacent to an activating group) is 1. The fourth-order valence-electron chi connectivity index (χ4n) is 1.50. The van der Waals surface area contributed by atoms with Crippen molar-refractivity contribution in [3.63, 3.8) is 0 Å². The third kappa shape index (κ3) is 0.623. The second-order valence-corrected chi connectivity index (χ2v) is 2.76. The molecule has 4 nitrogen and oxygen atoms in total. The average Bonchev–Trinajstić information content (AvgIpc) is 2.41. The zero-order valence-corrected chi connectivity index (χ0v) is 5.83. The quantitative estimate of drug-likeness (QED) is 0.491. The number of ether oxygens (including phenoxy) is 1. The molecule has 2 rings (SSSR count). The van der Waals surface area contributed by atoms with Crippen molar-refractivity contribution < 1.29 is 9.53 Å². The van der Waals surface area contributed by atoms with E-state index in [0.29, 0.717) is 0 Å². The Hall–Kier alpha value is -0.770. The number of fused-ring (bicyclic) bond motifs is 1. The van der Waals surface area contributed by atoms with Crippen LogP contribution in [0.15, 0.2) is 0 Å². The maximum absolute atomic E-state index is 10.9. The van der Waals surface area contributed by atoms with E-state index in [-0.39, 0.29) is 18.2 Å². The molecule has 0 radical (unpaired) electrons. The SMILES string of the molecule is CN1C(=O)O[C@@H]2CNC[C@H]21. The first-order valence-electron chi connectivity index (χ1n) is 3.43. The number of nitrogens with zero attached hydrogens (tertiary/aromatic N) is 1. The summed E-state index contributed by atoms with van der Waals surface area (Å²) >= 11 is 0. The zero-order chi connectivity index (χ0) is 7.14. The van der Waals surface area contributed by atoms with Crippen molar-refractivity contribution in [2.75, 3.05) is 20.1 Å². The summed E-state index contributed by atoms with van der Waals surface area (Å²) in [5.41, 5.74) is 0. The molecule has 0 aliphatic carbocycles. The van der Waals surface area contributed by atoms with Gasteiger partial charge in [0.15, 0.2) is 0 Å². The molecule has 1 N–H and O–H groups in total. The van der Waals surface area contributed by atoms with Crippen LogP contribution in [0.3, 0.4) is 0 Å². The molecule has 2 saturated heterocycles. The van der Waals surface area contributed by atoms with Crippen LogP contribution in [0.1, 0.15) is 0 Å². The minimum atomic E-state index is -0.184. The molecule has 0 aromatic carbocycles. The molecule has 2 fully saturated rings. The van der Waals surface area contributed by atoms with Crippen LogP contribution in [0, 0.1) is 0 Å². The summed E-state index contributed by atoms with van der Waals surface area (Å²) in [6.45, 7) is 1.67. The van der Waals surface area contributed by atoms with Crippen molar-refractivity contribution in [1.29, 1.82) is 0 Å². The number of amides is 1. The second-order valence-electron chi connectivity index (χ2n) is 2.76. The molecule has 2 atom stereocenters. The predicted molar refractivity (Wildman–Crippen MR) is 34.7 cm³/mol. The molecule has 0 aromatic heterocycles. The Morgan fingerprint density at radius 2 is 2.50 bits per heavy atom. The summed E-state index contributed by atoms with van der Waals surface area (Å²) in [6, 6.07) is 0.271. The highest BCUT2D eigenvalue weighted by molar-refractivity contribution is 5.70. The van der Waals surface area contributed by atoms with Gasteiger partial charge in [0.2, 0.25) is 0 Å². The number of hydrogen-bond acceptors (Lipinski definition) is 3. The minimum absolute atomic E-state index is 0.0949. The summed E-state index contributed by atoms with van der Waals surface area (Å²) < 4.78 is 5.02. The van der Waals surface area contributed by atoms with E-state index in [0.717, 1.165) is 13.1 Å². The first kappa shape index (κ1) is 5.97. The first-order chi connectivity index (χ1) is 4.79. The van der Waals surface area contributed by atoms with Gasteiger partial charge in [-0.2, -0.15) is 0 Å². The molecule has 1 amide bonds. The highest BCUT2D eigenvalue weighted by Gasteiger charge is 2.42. The monoisotopic (exact) mass is 142 g/mol. The molecule has 0 bridgehead atoms. The van der Waals surface area contributed by atoms with Crippen LogP contribution in [0.4, 0.5) is 4.79 Å². The van der Waals surface area contributed by atoms with Crippen molar-refractivity contribution in [3.05, 3.63) is 0 Å². The summed E-state index contributed by atoms with van der Waals surface area (Å²) in [5.74, 6) is 0. The molecule has 56 valence electrons. The van der Waals surface area contributed by atoms with Gasteiger partial charge >= 0.3 is 6.09 Å². The lowest BCUT2D eigenvalue weighted by Gasteiger charge is -2.11. The van der Waals surface area contributed by atoms with Gasteiger partial charge in [-0.05, 0) is 0 Å². The van der Waals surface area contributed by atoms with E-state index in [1.54, 1.807) is 11.9 Å². The summed E-state index contributed by atoms with van der Waals surface area (Å²) in [5, 5.41) is 3.16. The molecule has 2 aliphatic heterocycles. The molecule has 0 saturated carbocycles. The highest BCUT2D eigenvalue weighted by atomic mass is 16.6. The van der Waals surface area contributed by atoms with Gasteiger partial charge in [-0.25, -0.2) is 4.79 Å². The van der Waals surface area contributed by atoms with Gasteiger partial charge in [-0.15, -0.1) is 0 Å². The summed E-state index contributed by atoms with van der Waals surface area (Å²) in [7, 11) is 1.78. The van der Waals surface area contributed by atoms with E-state index in [4.69, 9.17) is 4.74 Å². The standard InChI is InChI=1S/C6H10N2O2/c1-8-4-2-7-3-5(4)10-6(8)9/h4-5,7H,2-3H2,1H3/t4-,5-/m1/s1. The molecule has 0 aromatic rings. The van der Waals surface area contributed by atoms with Gasteiger partial charge in [-0.1, -0.05) is 0 Å². The van der Waals surface area contributed by atoms with E-state index in [2.05, 4.69) is 5.32 Å². The normalized spacial score (nSPS) is 38.1. The van der Waals surface area contributed by atoms with Crippen molar-refractivity contribution in [1.82, 2.24) is 10.2 Å². The van der Waals surface area contributed by atoms with Crippen molar-refractivity contribution in [2.24, 2.45) is 0 Å². The van der Waals surface area contributed by atoms with Crippen LogP contribution >= 0.6 is 0 Å². The number of nitrogens with one attached hydrogen (secondary N) is 1. The predicted octanol–water partition coefficient (Wildman–Crippen LogP) is -0.591. The van der Waals surface area contributed by atoms with Crippen molar-refractivity contribution in [3.8, 4) is 0 Å². The third-order valence-electron chi connectivity index (χ3n) is 2.17. The van der Waals surface area contributed by atoms with Gasteiger partial charge in [0.1, 0.15) is 6.10 Å². The molecule has 0 spiro atoms. The topological polar surface area (TPSA) is 41.6 Å². The zero-order valence-electron chi connectivity index (χ0n) is 5.83. The molecule has 0 unspecified atom stereocenters. The fourth-order valence-corrected chi connectivity index (χ4v) is 1.50. The van der Waals surface area contributed by atoms with Crippen LogP contribution in [-0.4, -0.2) is 43.3 Å². The van der Waals surface area contributed by atoms with E-state index in [9.17, 15) is 4.79 Å². The highest BCUT2D eigenvalue weighted by Crippen LogP contribution is 2.19. The van der Waals surface area contributed by atoms with Crippen LogP contribution in [0.2, 0.25) is 0 Å². The summed E-state index contributed by atoms with van der Waals surface area (Å²) in [6.07, 6.45) is -0.0889. The van der Waals surface area contributed by atoms with Crippen LogP contribution in [0.5, 0.6) is 0 Å². The Balaban J connectivity index is 2.16. The van der Waals surface area contributed by atoms with Gasteiger partial charge in [0.25, 0.3) is 0 Å². The summed E-state index contributed by atoms with van der Waals surface area (Å²) in [4.78, 5) is 12.5. The van der Waals surface area contributed by atoms with Crippen LogP contribution in [0.25, 0.3) is 0 Å². The van der Waals surface area contributed by atoms with E-state index < -0.39 is 0 Å². The van der Waals surface area contributed by atoms with Gasteiger partial charge < -0.3 is 15.0 Å². The van der Waals surface area contributed by atoms with Crippen molar-refractivity contribution in [2.45, 2.75) is 12.1 Å². The Morgan fingerprint density at radius 3 is 3.20 bits per heavy atom. The molecule has 4 heteroatoms. The van der Waals surface area contributed by atoms with E-state index >= 15 is 0 Å². The number of rotatable bonds is 0. The first-order valence-corrected chi connectivity index (χ1v) is 3.43. The lowest BCUT2D eigenvalue weighted by Crippen LogP contribution is -2.33. The van der Waals surface area contributed by atoms with Gasteiger partial charge in [0.05, 0.1) is 6.04 Å². The average molecular weight is 142 g/mol. The second kappa shape index (κ2) is 1.85. The Bertz CT molecular complexity index is 171. The Labute approximate surface area is 59.1 Å². The number of carbonyl (C=O) groups excluding carboxylic acids is 1. The van der Waals surface area contributed by atoms with Gasteiger partial charge in [0, 0.05) is 20.1 Å². The maximum atomic E-state index is 10.9. The minimum Gasteiger partial charge on any atom is -0.442 e. The number of hydrogen-bond donors (Lipinski definition) is 1. The fraction of sp³-hybridized carbons (Fsp3) is 0.833. The lowest BCUT2D eigenvalue weighted by molar-refractivity contribution is 0.136. The van der Waals surface area contributed by atoms with Gasteiger partial charge in [-0.3, -0.25) is 0 Å². The lowest BCUT2D eigenvalue weighted by atomic mass is 10.2. The van der Waals surface area contributed by atoms with Crippen LogP contribution < -0.4 is 5.32 Å². The molecule has 2 aliphatic rings. The maximum Gasteiger partial charge on any atom is 0.410 e. The van der Waals surface area contributed by atoms with E-state index in [1.807, 2.05) is 0 Å².